The topological polar surface area (TPSA) is 38.9 Å². The molecule has 0 aliphatic carbocycles. The quantitative estimate of drug-likeness (QED) is 0.780. The van der Waals surface area contributed by atoms with Crippen LogP contribution in [0.1, 0.15) is 17.8 Å². The van der Waals surface area contributed by atoms with Gasteiger partial charge < -0.3 is 5.73 Å². The summed E-state index contributed by atoms with van der Waals surface area (Å²) in [6.45, 7) is 2.64. The summed E-state index contributed by atoms with van der Waals surface area (Å²) in [4.78, 5) is 4.33. The van der Waals surface area contributed by atoms with Gasteiger partial charge in [-0.15, -0.1) is 0 Å². The van der Waals surface area contributed by atoms with Gasteiger partial charge in [-0.05, 0) is 38.4 Å². The van der Waals surface area contributed by atoms with Crippen LogP contribution >= 0.6 is 11.6 Å². The maximum Gasteiger partial charge on any atom is 0.0442 e. The Morgan fingerprint density at radius 2 is 2.25 bits per heavy atom. The van der Waals surface area contributed by atoms with Crippen molar-refractivity contribution in [1.29, 1.82) is 0 Å². The summed E-state index contributed by atoms with van der Waals surface area (Å²) in [5.41, 5.74) is 7.39. The van der Waals surface area contributed by atoms with E-state index in [4.69, 9.17) is 17.3 Å². The van der Waals surface area contributed by atoms with E-state index in [-0.39, 0.29) is 0 Å². The molecule has 0 saturated carbocycles. The molecule has 0 unspecified atom stereocenters. The van der Waals surface area contributed by atoms with E-state index < -0.39 is 0 Å². The van der Waals surface area contributed by atoms with Crippen LogP contribution in [0.15, 0.2) is 12.1 Å². The van der Waals surface area contributed by atoms with Crippen LogP contribution in [-0.2, 0) is 6.42 Å². The maximum atomic E-state index is 5.86. The Morgan fingerprint density at radius 1 is 1.50 bits per heavy atom. The van der Waals surface area contributed by atoms with Gasteiger partial charge in [0.1, 0.15) is 0 Å². The SMILES string of the molecule is Cc1cc(Cl)cc(CCCN)n1. The Labute approximate surface area is 77.8 Å². The fraction of sp³-hybridized carbons (Fsp3) is 0.444. The van der Waals surface area contributed by atoms with E-state index in [2.05, 4.69) is 4.98 Å². The average Bonchev–Trinajstić information content (AvgIpc) is 1.99. The van der Waals surface area contributed by atoms with Crippen molar-refractivity contribution in [2.45, 2.75) is 19.8 Å². The minimum absolute atomic E-state index is 0.702. The molecule has 0 saturated heterocycles. The van der Waals surface area contributed by atoms with Gasteiger partial charge in [0.2, 0.25) is 0 Å². The fourth-order valence-electron chi connectivity index (χ4n) is 1.10. The van der Waals surface area contributed by atoms with E-state index in [1.54, 1.807) is 0 Å². The van der Waals surface area contributed by atoms with Crippen molar-refractivity contribution in [3.8, 4) is 0 Å². The van der Waals surface area contributed by atoms with Gasteiger partial charge in [-0.2, -0.15) is 0 Å². The monoisotopic (exact) mass is 184 g/mol. The van der Waals surface area contributed by atoms with Crippen LogP contribution < -0.4 is 5.73 Å². The Balaban J connectivity index is 2.72. The van der Waals surface area contributed by atoms with Crippen LogP contribution in [0.4, 0.5) is 0 Å². The first-order valence-electron chi connectivity index (χ1n) is 4.05. The minimum Gasteiger partial charge on any atom is -0.330 e. The Morgan fingerprint density at radius 3 is 2.83 bits per heavy atom. The smallest absolute Gasteiger partial charge is 0.0442 e. The summed E-state index contributed by atoms with van der Waals surface area (Å²) in [6, 6.07) is 3.75. The fourth-order valence-corrected chi connectivity index (χ4v) is 1.39. The molecule has 0 spiro atoms. The van der Waals surface area contributed by atoms with Crippen LogP contribution in [0.25, 0.3) is 0 Å². The molecule has 2 N–H and O–H groups in total. The van der Waals surface area contributed by atoms with Crippen LogP contribution in [0.2, 0.25) is 5.02 Å². The first kappa shape index (κ1) is 9.49. The van der Waals surface area contributed by atoms with Crippen molar-refractivity contribution in [3.05, 3.63) is 28.5 Å². The molecule has 0 aromatic carbocycles. The second-order valence-corrected chi connectivity index (χ2v) is 3.25. The van der Waals surface area contributed by atoms with Gasteiger partial charge in [0, 0.05) is 16.4 Å². The molecule has 1 aromatic rings. The average molecular weight is 185 g/mol. The van der Waals surface area contributed by atoms with Gasteiger partial charge in [-0.1, -0.05) is 11.6 Å². The van der Waals surface area contributed by atoms with E-state index in [9.17, 15) is 0 Å². The standard InChI is InChI=1S/C9H13ClN2/c1-7-5-8(10)6-9(12-7)3-2-4-11/h5-6H,2-4,11H2,1H3. The molecule has 0 amide bonds. The Kier molecular flexibility index (Phi) is 3.50. The highest BCUT2D eigenvalue weighted by atomic mass is 35.5. The summed E-state index contributed by atoms with van der Waals surface area (Å²) >= 11 is 5.86. The van der Waals surface area contributed by atoms with Crippen LogP contribution in [0.5, 0.6) is 0 Å². The second kappa shape index (κ2) is 4.43. The molecule has 66 valence electrons. The zero-order chi connectivity index (χ0) is 8.97. The normalized spacial score (nSPS) is 10.2. The molecule has 0 fully saturated rings. The van der Waals surface area contributed by atoms with Crippen LogP contribution in [0.3, 0.4) is 0 Å². The molecule has 2 nitrogen and oxygen atoms in total. The predicted octanol–water partition coefficient (Wildman–Crippen LogP) is 1.93. The highest BCUT2D eigenvalue weighted by Crippen LogP contribution is 2.12. The van der Waals surface area contributed by atoms with Gasteiger partial charge in [-0.25, -0.2) is 0 Å². The van der Waals surface area contributed by atoms with E-state index in [1.165, 1.54) is 0 Å². The van der Waals surface area contributed by atoms with Crippen molar-refractivity contribution >= 4 is 11.6 Å². The largest absolute Gasteiger partial charge is 0.330 e. The minimum atomic E-state index is 0.702. The summed E-state index contributed by atoms with van der Waals surface area (Å²) in [5, 5.41) is 0.759. The number of halogens is 1. The Hall–Kier alpha value is -0.600. The van der Waals surface area contributed by atoms with E-state index in [1.807, 2.05) is 19.1 Å². The molecule has 0 radical (unpaired) electrons. The highest BCUT2D eigenvalue weighted by molar-refractivity contribution is 6.30. The zero-order valence-electron chi connectivity index (χ0n) is 7.18. The van der Waals surface area contributed by atoms with Crippen molar-refractivity contribution < 1.29 is 0 Å². The van der Waals surface area contributed by atoms with Gasteiger partial charge in [-0.3, -0.25) is 4.98 Å². The second-order valence-electron chi connectivity index (χ2n) is 2.81. The van der Waals surface area contributed by atoms with Gasteiger partial charge in [0.25, 0.3) is 0 Å². The first-order valence-corrected chi connectivity index (χ1v) is 4.43. The number of aromatic nitrogens is 1. The van der Waals surface area contributed by atoms with E-state index >= 15 is 0 Å². The molecule has 1 heterocycles. The molecule has 0 atom stereocenters. The lowest BCUT2D eigenvalue weighted by Crippen LogP contribution is -2.01. The summed E-state index contributed by atoms with van der Waals surface area (Å²) in [7, 11) is 0. The molecule has 0 aliphatic rings. The maximum absolute atomic E-state index is 5.86. The van der Waals surface area contributed by atoms with Crippen LogP contribution in [-0.4, -0.2) is 11.5 Å². The van der Waals surface area contributed by atoms with E-state index in [0.29, 0.717) is 6.54 Å². The molecular formula is C9H13ClN2. The van der Waals surface area contributed by atoms with Crippen LogP contribution in [0, 0.1) is 6.92 Å². The number of nitrogens with zero attached hydrogens (tertiary/aromatic N) is 1. The van der Waals surface area contributed by atoms with E-state index in [0.717, 1.165) is 29.3 Å². The molecule has 1 rings (SSSR count). The van der Waals surface area contributed by atoms with Crippen molar-refractivity contribution in [1.82, 2.24) is 4.98 Å². The zero-order valence-corrected chi connectivity index (χ0v) is 7.93. The lowest BCUT2D eigenvalue weighted by atomic mass is 10.2. The molecular weight excluding hydrogens is 172 g/mol. The molecule has 12 heavy (non-hydrogen) atoms. The first-order chi connectivity index (χ1) is 5.72. The van der Waals surface area contributed by atoms with Crippen molar-refractivity contribution in [2.24, 2.45) is 5.73 Å². The van der Waals surface area contributed by atoms with Gasteiger partial charge >= 0.3 is 0 Å². The van der Waals surface area contributed by atoms with Crippen molar-refractivity contribution in [3.63, 3.8) is 0 Å². The summed E-state index contributed by atoms with van der Waals surface area (Å²) in [5.74, 6) is 0. The number of hydrogen-bond donors (Lipinski definition) is 1. The molecule has 1 aromatic heterocycles. The summed E-state index contributed by atoms with van der Waals surface area (Å²) < 4.78 is 0. The number of aryl methyl sites for hydroxylation is 2. The number of nitrogens with two attached hydrogens (primary N) is 1. The lowest BCUT2D eigenvalue weighted by Gasteiger charge is -2.01. The third-order valence-electron chi connectivity index (χ3n) is 1.61. The predicted molar refractivity (Wildman–Crippen MR) is 51.4 cm³/mol. The number of hydrogen-bond acceptors (Lipinski definition) is 2. The van der Waals surface area contributed by atoms with Gasteiger partial charge in [0.05, 0.1) is 0 Å². The van der Waals surface area contributed by atoms with Gasteiger partial charge in [0.15, 0.2) is 0 Å². The number of rotatable bonds is 3. The molecule has 3 heteroatoms. The van der Waals surface area contributed by atoms with Crippen molar-refractivity contribution in [2.75, 3.05) is 6.54 Å². The lowest BCUT2D eigenvalue weighted by molar-refractivity contribution is 0.806. The molecule has 0 bridgehead atoms. The number of pyridine rings is 1. The molecule has 0 aliphatic heterocycles. The summed E-state index contributed by atoms with van der Waals surface area (Å²) in [6.07, 6.45) is 1.88. The third-order valence-corrected chi connectivity index (χ3v) is 1.83. The Bertz CT molecular complexity index is 240. The third kappa shape index (κ3) is 2.80. The highest BCUT2D eigenvalue weighted by Gasteiger charge is 1.97.